The fraction of sp³-hybridized carbons (Fsp3) is 0.286. The summed E-state index contributed by atoms with van der Waals surface area (Å²) in [7, 11) is 0. The molecule has 1 atom stereocenters. The van der Waals surface area contributed by atoms with Crippen LogP contribution < -0.4 is 10.5 Å². The largest absolute Gasteiger partial charge is 0.475 e. The zero-order chi connectivity index (χ0) is 7.84. The Morgan fingerprint density at radius 3 is 3.27 bits per heavy atom. The number of nitrogens with zero attached hydrogens (tertiary/aromatic N) is 1. The predicted molar refractivity (Wildman–Crippen MR) is 41.7 cm³/mol. The number of hydrogen-bond donors (Lipinski definition) is 1. The molecule has 0 spiro atoms. The van der Waals surface area contributed by atoms with E-state index in [1.165, 1.54) is 0 Å². The van der Waals surface area contributed by atoms with Crippen molar-refractivity contribution in [3.63, 3.8) is 0 Å². The van der Waals surface area contributed by atoms with Gasteiger partial charge in [0, 0.05) is 5.56 Å². The smallest absolute Gasteiger partial charge is 0.219 e. The van der Waals surface area contributed by atoms with E-state index in [9.17, 15) is 0 Å². The lowest BCUT2D eigenvalue weighted by Gasteiger charge is -1.97. The van der Waals surface area contributed by atoms with Crippen LogP contribution in [0.1, 0.15) is 11.6 Å². The van der Waals surface area contributed by atoms with E-state index < -0.39 is 0 Å². The topological polar surface area (TPSA) is 48.1 Å². The van der Waals surface area contributed by atoms with Crippen molar-refractivity contribution >= 4 is 11.6 Å². The maximum Gasteiger partial charge on any atom is 0.219 e. The molecule has 1 aromatic rings. The second kappa shape index (κ2) is 2.36. The molecule has 0 saturated carbocycles. The van der Waals surface area contributed by atoms with E-state index in [2.05, 4.69) is 4.98 Å². The van der Waals surface area contributed by atoms with Gasteiger partial charge in [-0.05, 0) is 12.1 Å². The van der Waals surface area contributed by atoms with E-state index in [1.54, 1.807) is 6.07 Å². The third-order valence-corrected chi connectivity index (χ3v) is 1.87. The van der Waals surface area contributed by atoms with Gasteiger partial charge in [-0.1, -0.05) is 11.6 Å². The normalized spacial score (nSPS) is 21.1. The summed E-state index contributed by atoms with van der Waals surface area (Å²) in [4.78, 5) is 3.97. The highest BCUT2D eigenvalue weighted by Crippen LogP contribution is 2.29. The Kier molecular flexibility index (Phi) is 1.47. The van der Waals surface area contributed by atoms with Gasteiger partial charge in [0.2, 0.25) is 5.88 Å². The molecule has 0 amide bonds. The number of aromatic nitrogens is 1. The van der Waals surface area contributed by atoms with Crippen molar-refractivity contribution in [2.75, 3.05) is 6.61 Å². The minimum absolute atomic E-state index is 0.0465. The fourth-order valence-electron chi connectivity index (χ4n) is 1.08. The number of ether oxygens (including phenoxy) is 1. The molecule has 0 radical (unpaired) electrons. The maximum absolute atomic E-state index is 5.69. The molecule has 0 aromatic carbocycles. The van der Waals surface area contributed by atoms with Gasteiger partial charge >= 0.3 is 0 Å². The zero-order valence-electron chi connectivity index (χ0n) is 5.75. The molecule has 2 rings (SSSR count). The molecule has 2 N–H and O–H groups in total. The Bertz CT molecular complexity index is 290. The number of hydrogen-bond acceptors (Lipinski definition) is 3. The molecular formula is C7H7ClN2O. The third kappa shape index (κ3) is 1.06. The molecule has 4 heteroatoms. The van der Waals surface area contributed by atoms with Crippen LogP contribution >= 0.6 is 11.6 Å². The summed E-state index contributed by atoms with van der Waals surface area (Å²) in [6, 6.07) is 3.52. The Hall–Kier alpha value is -0.800. The van der Waals surface area contributed by atoms with E-state index >= 15 is 0 Å². The summed E-state index contributed by atoms with van der Waals surface area (Å²) in [6.07, 6.45) is 0. The van der Waals surface area contributed by atoms with Gasteiger partial charge in [-0.3, -0.25) is 0 Å². The van der Waals surface area contributed by atoms with E-state index in [4.69, 9.17) is 22.1 Å². The molecule has 0 saturated heterocycles. The molecule has 2 heterocycles. The number of pyridine rings is 1. The van der Waals surface area contributed by atoms with Crippen LogP contribution in [-0.2, 0) is 0 Å². The molecule has 58 valence electrons. The van der Waals surface area contributed by atoms with Gasteiger partial charge in [-0.25, -0.2) is 4.98 Å². The van der Waals surface area contributed by atoms with Crippen LogP contribution in [0.15, 0.2) is 12.1 Å². The third-order valence-electron chi connectivity index (χ3n) is 1.65. The molecule has 3 nitrogen and oxygen atoms in total. The Morgan fingerprint density at radius 2 is 2.45 bits per heavy atom. The first-order valence-electron chi connectivity index (χ1n) is 3.32. The summed E-state index contributed by atoms with van der Waals surface area (Å²) in [5.41, 5.74) is 6.63. The first-order valence-corrected chi connectivity index (χ1v) is 3.70. The SMILES string of the molecule is NC1COc2nc(Cl)ccc21. The lowest BCUT2D eigenvalue weighted by atomic mass is 10.2. The second-order valence-corrected chi connectivity index (χ2v) is 2.83. The molecule has 0 fully saturated rings. The van der Waals surface area contributed by atoms with Crippen LogP contribution in [0, 0.1) is 0 Å². The minimum Gasteiger partial charge on any atom is -0.475 e. The van der Waals surface area contributed by atoms with Gasteiger partial charge in [0.15, 0.2) is 0 Å². The van der Waals surface area contributed by atoms with E-state index in [1.807, 2.05) is 6.07 Å². The van der Waals surface area contributed by atoms with Crippen LogP contribution in [0.25, 0.3) is 0 Å². The van der Waals surface area contributed by atoms with Gasteiger partial charge in [-0.15, -0.1) is 0 Å². The molecular weight excluding hydrogens is 164 g/mol. The average Bonchev–Trinajstić information content (AvgIpc) is 2.32. The predicted octanol–water partition coefficient (Wildman–Crippen LogP) is 1.13. The standard InChI is InChI=1S/C7H7ClN2O/c8-6-2-1-4-5(9)3-11-7(4)10-6/h1-2,5H,3,9H2. The number of rotatable bonds is 0. The quantitative estimate of drug-likeness (QED) is 0.594. The number of halogens is 1. The number of nitrogens with two attached hydrogens (primary N) is 1. The Balaban J connectivity index is 2.50. The van der Waals surface area contributed by atoms with Crippen molar-refractivity contribution in [1.82, 2.24) is 4.98 Å². The summed E-state index contributed by atoms with van der Waals surface area (Å²) in [5.74, 6) is 0.574. The van der Waals surface area contributed by atoms with E-state index in [0.29, 0.717) is 17.6 Å². The van der Waals surface area contributed by atoms with Crippen molar-refractivity contribution < 1.29 is 4.74 Å². The van der Waals surface area contributed by atoms with Gasteiger partial charge < -0.3 is 10.5 Å². The average molecular weight is 171 g/mol. The van der Waals surface area contributed by atoms with Crippen molar-refractivity contribution in [3.8, 4) is 5.88 Å². The molecule has 11 heavy (non-hydrogen) atoms. The van der Waals surface area contributed by atoms with E-state index in [0.717, 1.165) is 5.56 Å². The van der Waals surface area contributed by atoms with Crippen LogP contribution in [-0.4, -0.2) is 11.6 Å². The molecule has 0 bridgehead atoms. The summed E-state index contributed by atoms with van der Waals surface area (Å²) in [5, 5.41) is 0.442. The molecule has 1 unspecified atom stereocenters. The van der Waals surface area contributed by atoms with Gasteiger partial charge in [-0.2, -0.15) is 0 Å². The van der Waals surface area contributed by atoms with Crippen molar-refractivity contribution in [1.29, 1.82) is 0 Å². The molecule has 1 aromatic heterocycles. The van der Waals surface area contributed by atoms with E-state index in [-0.39, 0.29) is 6.04 Å². The number of fused-ring (bicyclic) bond motifs is 1. The van der Waals surface area contributed by atoms with Crippen molar-refractivity contribution in [2.24, 2.45) is 5.73 Å². The first kappa shape index (κ1) is 6.88. The van der Waals surface area contributed by atoms with Crippen LogP contribution in [0.3, 0.4) is 0 Å². The molecule has 0 aliphatic carbocycles. The second-order valence-electron chi connectivity index (χ2n) is 2.45. The highest BCUT2D eigenvalue weighted by molar-refractivity contribution is 6.29. The Morgan fingerprint density at radius 1 is 1.64 bits per heavy atom. The summed E-state index contributed by atoms with van der Waals surface area (Å²) >= 11 is 5.64. The van der Waals surface area contributed by atoms with Gasteiger partial charge in [0.05, 0.1) is 6.04 Å². The highest BCUT2D eigenvalue weighted by Gasteiger charge is 2.21. The zero-order valence-corrected chi connectivity index (χ0v) is 6.51. The minimum atomic E-state index is -0.0465. The fourth-order valence-corrected chi connectivity index (χ4v) is 1.22. The van der Waals surface area contributed by atoms with Crippen LogP contribution in [0.4, 0.5) is 0 Å². The highest BCUT2D eigenvalue weighted by atomic mass is 35.5. The lowest BCUT2D eigenvalue weighted by molar-refractivity contribution is 0.323. The van der Waals surface area contributed by atoms with Crippen LogP contribution in [0.5, 0.6) is 5.88 Å². The lowest BCUT2D eigenvalue weighted by Crippen LogP contribution is -2.10. The van der Waals surface area contributed by atoms with Gasteiger partial charge in [0.25, 0.3) is 0 Å². The summed E-state index contributed by atoms with van der Waals surface area (Å²) < 4.78 is 5.17. The Labute approximate surface area is 69.1 Å². The van der Waals surface area contributed by atoms with Crippen molar-refractivity contribution in [2.45, 2.75) is 6.04 Å². The van der Waals surface area contributed by atoms with Crippen LogP contribution in [0.2, 0.25) is 5.15 Å². The monoisotopic (exact) mass is 170 g/mol. The van der Waals surface area contributed by atoms with Crippen molar-refractivity contribution in [3.05, 3.63) is 22.8 Å². The van der Waals surface area contributed by atoms with Gasteiger partial charge in [0.1, 0.15) is 11.8 Å². The molecule has 1 aliphatic rings. The summed E-state index contributed by atoms with van der Waals surface area (Å²) in [6.45, 7) is 0.503. The molecule has 1 aliphatic heterocycles. The first-order chi connectivity index (χ1) is 5.27. The maximum atomic E-state index is 5.69.